The third-order valence-electron chi connectivity index (χ3n) is 4.87. The summed E-state index contributed by atoms with van der Waals surface area (Å²) in [6.45, 7) is 0.836. The zero-order chi connectivity index (χ0) is 22.1. The molecule has 0 saturated heterocycles. The van der Waals surface area contributed by atoms with Crippen molar-refractivity contribution < 1.29 is 23.7 Å². The molecule has 162 valence electrons. The minimum absolute atomic E-state index is 0.121. The van der Waals surface area contributed by atoms with Crippen molar-refractivity contribution >= 4 is 5.91 Å². The molecule has 1 N–H and O–H groups in total. The van der Waals surface area contributed by atoms with Crippen LogP contribution in [0.2, 0.25) is 0 Å². The minimum atomic E-state index is -0.121. The highest BCUT2D eigenvalue weighted by molar-refractivity contribution is 5.80. The molecule has 31 heavy (non-hydrogen) atoms. The van der Waals surface area contributed by atoms with E-state index in [1.807, 2.05) is 54.6 Å². The molecule has 6 heteroatoms. The Morgan fingerprint density at radius 2 is 1.42 bits per heavy atom. The van der Waals surface area contributed by atoms with E-state index in [0.29, 0.717) is 30.4 Å². The maximum atomic E-state index is 12.6. The molecule has 0 heterocycles. The Hall–Kier alpha value is -3.67. The number of carbonyl (C=O) groups is 1. The van der Waals surface area contributed by atoms with Crippen molar-refractivity contribution in [1.82, 2.24) is 5.32 Å². The van der Waals surface area contributed by atoms with E-state index in [0.717, 1.165) is 22.4 Å². The Balaban J connectivity index is 1.64. The van der Waals surface area contributed by atoms with Crippen LogP contribution in [0.5, 0.6) is 23.0 Å². The van der Waals surface area contributed by atoms with Crippen molar-refractivity contribution in [2.45, 2.75) is 19.6 Å². The highest BCUT2D eigenvalue weighted by atomic mass is 16.5. The molecule has 0 aliphatic carbocycles. The number of rotatable bonds is 10. The second kappa shape index (κ2) is 10.9. The van der Waals surface area contributed by atoms with Crippen LogP contribution in [0.15, 0.2) is 66.7 Å². The number of ether oxygens (including phenoxy) is 4. The van der Waals surface area contributed by atoms with E-state index in [9.17, 15) is 4.79 Å². The van der Waals surface area contributed by atoms with Crippen LogP contribution >= 0.6 is 0 Å². The van der Waals surface area contributed by atoms with Gasteiger partial charge in [-0.15, -0.1) is 0 Å². The van der Waals surface area contributed by atoms with Gasteiger partial charge in [-0.2, -0.15) is 0 Å². The number of hydrogen-bond acceptors (Lipinski definition) is 5. The largest absolute Gasteiger partial charge is 0.493 e. The molecule has 6 nitrogen and oxygen atoms in total. The van der Waals surface area contributed by atoms with E-state index in [2.05, 4.69) is 5.32 Å². The fourth-order valence-corrected chi connectivity index (χ4v) is 3.28. The van der Waals surface area contributed by atoms with Crippen LogP contribution in [0.1, 0.15) is 16.7 Å². The number of para-hydroxylation sites is 1. The lowest BCUT2D eigenvalue weighted by Crippen LogP contribution is -2.25. The van der Waals surface area contributed by atoms with Gasteiger partial charge in [0, 0.05) is 12.1 Å². The van der Waals surface area contributed by atoms with Gasteiger partial charge in [-0.25, -0.2) is 0 Å². The number of nitrogens with one attached hydrogen (secondary N) is 1. The molecule has 3 aromatic rings. The van der Waals surface area contributed by atoms with Gasteiger partial charge in [0.15, 0.2) is 11.5 Å². The van der Waals surface area contributed by atoms with Crippen LogP contribution in [0.3, 0.4) is 0 Å². The molecule has 0 atom stereocenters. The van der Waals surface area contributed by atoms with Gasteiger partial charge in [-0.1, -0.05) is 48.5 Å². The van der Waals surface area contributed by atoms with Crippen LogP contribution in [0.25, 0.3) is 0 Å². The number of amides is 1. The van der Waals surface area contributed by atoms with Crippen LogP contribution in [0, 0.1) is 0 Å². The molecule has 0 radical (unpaired) electrons. The minimum Gasteiger partial charge on any atom is -0.493 e. The van der Waals surface area contributed by atoms with Gasteiger partial charge in [0.25, 0.3) is 0 Å². The molecule has 0 unspecified atom stereocenters. The number of hydrogen-bond donors (Lipinski definition) is 1. The summed E-state index contributed by atoms with van der Waals surface area (Å²) in [5, 5.41) is 2.98. The number of carbonyl (C=O) groups excluding carboxylic acids is 1. The van der Waals surface area contributed by atoms with E-state index in [1.165, 1.54) is 0 Å². The fourth-order valence-electron chi connectivity index (χ4n) is 3.28. The van der Waals surface area contributed by atoms with Crippen molar-refractivity contribution in [2.24, 2.45) is 0 Å². The Morgan fingerprint density at radius 1 is 0.742 bits per heavy atom. The van der Waals surface area contributed by atoms with Gasteiger partial charge in [-0.05, 0) is 29.3 Å². The maximum absolute atomic E-state index is 12.6. The van der Waals surface area contributed by atoms with E-state index >= 15 is 0 Å². The second-order valence-electron chi connectivity index (χ2n) is 6.82. The Kier molecular flexibility index (Phi) is 7.76. The first-order chi connectivity index (χ1) is 15.2. The molecule has 0 bridgehead atoms. The monoisotopic (exact) mass is 421 g/mol. The number of methoxy groups -OCH3 is 3. The zero-order valence-electron chi connectivity index (χ0n) is 18.0. The predicted octanol–water partition coefficient (Wildman–Crippen LogP) is 4.15. The molecular formula is C25H27NO5. The van der Waals surface area contributed by atoms with Gasteiger partial charge < -0.3 is 24.3 Å². The highest BCUT2D eigenvalue weighted by Gasteiger charge is 2.18. The van der Waals surface area contributed by atoms with E-state index in [1.54, 1.807) is 33.5 Å². The third-order valence-corrected chi connectivity index (χ3v) is 4.87. The van der Waals surface area contributed by atoms with Crippen molar-refractivity contribution in [1.29, 1.82) is 0 Å². The maximum Gasteiger partial charge on any atom is 0.224 e. The smallest absolute Gasteiger partial charge is 0.224 e. The number of benzene rings is 3. The van der Waals surface area contributed by atoms with Gasteiger partial charge in [0.05, 0.1) is 27.8 Å². The Morgan fingerprint density at radius 3 is 2.10 bits per heavy atom. The molecule has 0 spiro atoms. The Labute approximate surface area is 182 Å². The van der Waals surface area contributed by atoms with Gasteiger partial charge in [0.2, 0.25) is 11.7 Å². The lowest BCUT2D eigenvalue weighted by atomic mass is 10.1. The summed E-state index contributed by atoms with van der Waals surface area (Å²) in [4.78, 5) is 12.6. The van der Waals surface area contributed by atoms with Gasteiger partial charge in [-0.3, -0.25) is 4.79 Å². The summed E-state index contributed by atoms with van der Waals surface area (Å²) in [5.41, 5.74) is 2.75. The first-order valence-electron chi connectivity index (χ1n) is 9.95. The van der Waals surface area contributed by atoms with Crippen molar-refractivity contribution in [3.8, 4) is 23.0 Å². The van der Waals surface area contributed by atoms with Crippen LogP contribution in [0.4, 0.5) is 0 Å². The van der Waals surface area contributed by atoms with Crippen LogP contribution in [-0.2, 0) is 24.4 Å². The molecule has 1 amide bonds. The third kappa shape index (κ3) is 5.69. The molecule has 0 aliphatic heterocycles. The summed E-state index contributed by atoms with van der Waals surface area (Å²) in [5.74, 6) is 2.20. The molecule has 0 aliphatic rings. The first kappa shape index (κ1) is 22.0. The van der Waals surface area contributed by atoms with Gasteiger partial charge >= 0.3 is 0 Å². The van der Waals surface area contributed by atoms with Gasteiger partial charge in [0.1, 0.15) is 12.4 Å². The fraction of sp³-hybridized carbons (Fsp3) is 0.240. The van der Waals surface area contributed by atoms with Crippen molar-refractivity contribution in [2.75, 3.05) is 21.3 Å². The Bertz CT molecular complexity index is 1000. The van der Waals surface area contributed by atoms with Crippen molar-refractivity contribution in [3.63, 3.8) is 0 Å². The zero-order valence-corrected chi connectivity index (χ0v) is 18.0. The molecule has 0 aromatic heterocycles. The molecule has 3 rings (SSSR count). The normalized spacial score (nSPS) is 10.3. The van der Waals surface area contributed by atoms with E-state index < -0.39 is 0 Å². The SMILES string of the molecule is COc1ccc(CC(=O)NCc2ccccc2COc2ccccc2)c(OC)c1OC. The molecule has 0 fully saturated rings. The van der Waals surface area contributed by atoms with Crippen LogP contribution < -0.4 is 24.3 Å². The summed E-state index contributed by atoms with van der Waals surface area (Å²) < 4.78 is 22.0. The van der Waals surface area contributed by atoms with E-state index in [-0.39, 0.29) is 12.3 Å². The summed E-state index contributed by atoms with van der Waals surface area (Å²) in [7, 11) is 4.64. The lowest BCUT2D eigenvalue weighted by Gasteiger charge is -2.16. The average Bonchev–Trinajstić information content (AvgIpc) is 2.82. The lowest BCUT2D eigenvalue weighted by molar-refractivity contribution is -0.120. The van der Waals surface area contributed by atoms with Crippen molar-refractivity contribution in [3.05, 3.63) is 83.4 Å². The van der Waals surface area contributed by atoms with Crippen LogP contribution in [-0.4, -0.2) is 27.2 Å². The van der Waals surface area contributed by atoms with E-state index in [4.69, 9.17) is 18.9 Å². The summed E-state index contributed by atoms with van der Waals surface area (Å²) in [6, 6.07) is 21.1. The second-order valence-corrected chi connectivity index (χ2v) is 6.82. The summed E-state index contributed by atoms with van der Waals surface area (Å²) in [6.07, 6.45) is 0.159. The first-order valence-corrected chi connectivity index (χ1v) is 9.95. The molecule has 0 saturated carbocycles. The molecule has 3 aromatic carbocycles. The molecular weight excluding hydrogens is 394 g/mol. The quantitative estimate of drug-likeness (QED) is 0.533. The highest BCUT2D eigenvalue weighted by Crippen LogP contribution is 2.39. The average molecular weight is 421 g/mol. The standard InChI is InChI=1S/C25H27NO5/c1-28-22-14-13-18(24(29-2)25(22)30-3)15-23(27)26-16-19-9-7-8-10-20(19)17-31-21-11-5-4-6-12-21/h4-14H,15-17H2,1-3H3,(H,26,27). The summed E-state index contributed by atoms with van der Waals surface area (Å²) >= 11 is 0. The predicted molar refractivity (Wildman–Crippen MR) is 119 cm³/mol. The topological polar surface area (TPSA) is 66.0 Å².